The van der Waals surface area contributed by atoms with E-state index < -0.39 is 38.5 Å². The zero-order chi connectivity index (χ0) is 26.9. The van der Waals surface area contributed by atoms with Crippen LogP contribution in [0.3, 0.4) is 0 Å². The molecule has 0 aliphatic carbocycles. The zero-order valence-electron chi connectivity index (χ0n) is 18.9. The number of nitro benzene ring substituents is 1. The Morgan fingerprint density at radius 1 is 1.03 bits per heavy atom. The molecule has 0 spiro atoms. The number of nitrogens with zero attached hydrogens (tertiary/aromatic N) is 2. The number of halogens is 1. The van der Waals surface area contributed by atoms with Crippen molar-refractivity contribution in [2.45, 2.75) is 11.8 Å². The van der Waals surface area contributed by atoms with Gasteiger partial charge in [0.25, 0.3) is 17.5 Å². The second kappa shape index (κ2) is 9.84. The lowest BCUT2D eigenvalue weighted by atomic mass is 10.1. The van der Waals surface area contributed by atoms with E-state index in [9.17, 15) is 32.9 Å². The number of carbonyl (C=O) groups excluding carboxylic acids is 3. The van der Waals surface area contributed by atoms with E-state index in [0.717, 1.165) is 17.7 Å². The third-order valence-electron chi connectivity index (χ3n) is 5.18. The van der Waals surface area contributed by atoms with Gasteiger partial charge in [0.05, 0.1) is 15.6 Å². The molecule has 0 radical (unpaired) electrons. The fourth-order valence-corrected chi connectivity index (χ4v) is 4.57. The minimum atomic E-state index is -4.17. The van der Waals surface area contributed by atoms with E-state index >= 15 is 0 Å². The molecule has 3 aromatic rings. The largest absolute Gasteiger partial charge is 0.377 e. The Labute approximate surface area is 215 Å². The van der Waals surface area contributed by atoms with Crippen LogP contribution in [0.15, 0.2) is 77.2 Å². The number of amides is 4. The van der Waals surface area contributed by atoms with Gasteiger partial charge in [-0.2, -0.15) is 8.42 Å². The van der Waals surface area contributed by atoms with Crippen molar-refractivity contribution in [3.63, 3.8) is 0 Å². The number of hydrogen-bond donors (Lipinski definition) is 1. The van der Waals surface area contributed by atoms with Crippen molar-refractivity contribution in [2.24, 2.45) is 0 Å². The van der Waals surface area contributed by atoms with Gasteiger partial charge < -0.3 is 4.18 Å². The molecule has 1 fully saturated rings. The Kier molecular flexibility index (Phi) is 6.79. The van der Waals surface area contributed by atoms with Crippen molar-refractivity contribution in [3.05, 3.63) is 98.6 Å². The van der Waals surface area contributed by atoms with E-state index in [2.05, 4.69) is 0 Å². The summed E-state index contributed by atoms with van der Waals surface area (Å²) in [6, 6.07) is 13.6. The summed E-state index contributed by atoms with van der Waals surface area (Å²) in [5, 5.41) is 13.0. The molecule has 37 heavy (non-hydrogen) atoms. The van der Waals surface area contributed by atoms with Gasteiger partial charge in [-0.05, 0) is 48.9 Å². The molecular weight excluding hydrogens is 526 g/mol. The molecule has 11 nitrogen and oxygen atoms in total. The maximum atomic E-state index is 13.0. The summed E-state index contributed by atoms with van der Waals surface area (Å²) >= 11 is 6.20. The summed E-state index contributed by atoms with van der Waals surface area (Å²) in [4.78, 5) is 48.7. The molecule has 1 N–H and O–H groups in total. The molecule has 1 heterocycles. The highest BCUT2D eigenvalue weighted by Crippen LogP contribution is 2.30. The molecule has 1 aliphatic heterocycles. The molecule has 0 unspecified atom stereocenters. The second-order valence-corrected chi connectivity index (χ2v) is 9.73. The highest BCUT2D eigenvalue weighted by Gasteiger charge is 2.37. The van der Waals surface area contributed by atoms with Crippen LogP contribution in [-0.4, -0.2) is 31.2 Å². The van der Waals surface area contributed by atoms with Gasteiger partial charge in [-0.3, -0.25) is 25.0 Å². The lowest BCUT2D eigenvalue weighted by Crippen LogP contribution is -2.54. The third kappa shape index (κ3) is 5.34. The maximum absolute atomic E-state index is 13.0. The molecule has 4 rings (SSSR count). The fourth-order valence-electron chi connectivity index (χ4n) is 3.35. The first-order valence-electron chi connectivity index (χ1n) is 10.4. The first-order chi connectivity index (χ1) is 17.5. The van der Waals surface area contributed by atoms with Crippen LogP contribution in [0.4, 0.5) is 16.2 Å². The molecule has 0 bridgehead atoms. The number of non-ortho nitro benzene ring substituents is 1. The number of hydrogen-bond acceptors (Lipinski definition) is 8. The van der Waals surface area contributed by atoms with Gasteiger partial charge in [-0.1, -0.05) is 41.4 Å². The predicted molar refractivity (Wildman–Crippen MR) is 133 cm³/mol. The number of aryl methyl sites for hydroxylation is 1. The predicted octanol–water partition coefficient (Wildman–Crippen LogP) is 3.99. The monoisotopic (exact) mass is 541 g/mol. The minimum Gasteiger partial charge on any atom is -0.377 e. The van der Waals surface area contributed by atoms with Gasteiger partial charge in [0, 0.05) is 12.1 Å². The second-order valence-electron chi connectivity index (χ2n) is 7.78. The van der Waals surface area contributed by atoms with Gasteiger partial charge in [0.1, 0.15) is 10.5 Å². The average Bonchev–Trinajstić information content (AvgIpc) is 2.83. The molecule has 188 valence electrons. The van der Waals surface area contributed by atoms with Crippen molar-refractivity contribution >= 4 is 57.0 Å². The van der Waals surface area contributed by atoms with Gasteiger partial charge in [-0.25, -0.2) is 9.69 Å². The number of barbiturate groups is 1. The van der Waals surface area contributed by atoms with Crippen LogP contribution in [0.2, 0.25) is 5.02 Å². The van der Waals surface area contributed by atoms with Crippen molar-refractivity contribution in [3.8, 4) is 5.75 Å². The van der Waals surface area contributed by atoms with Crippen molar-refractivity contribution in [1.82, 2.24) is 5.32 Å². The summed E-state index contributed by atoms with van der Waals surface area (Å²) in [5.41, 5.74) is 0.156. The fraction of sp³-hybridized carbons (Fsp3) is 0.0417. The Bertz CT molecular complexity index is 1600. The van der Waals surface area contributed by atoms with Crippen LogP contribution in [0.25, 0.3) is 6.08 Å². The number of rotatable bonds is 6. The number of carbonyl (C=O) groups is 3. The first kappa shape index (κ1) is 25.5. The molecule has 0 aromatic heterocycles. The molecule has 13 heteroatoms. The quantitative estimate of drug-likeness (QED) is 0.161. The molecular formula is C24H16ClN3O8S. The highest BCUT2D eigenvalue weighted by atomic mass is 35.5. The molecule has 1 saturated heterocycles. The van der Waals surface area contributed by atoms with Gasteiger partial charge >= 0.3 is 16.1 Å². The molecule has 4 amide bonds. The SMILES string of the molecule is Cc1ccc(S(=O)(=O)Oc2ccc(/C=C3\C(=O)NC(=O)N(c4cccc([N+](=O)[O-])c4)C3=O)cc2Cl)cc1. The van der Waals surface area contributed by atoms with Gasteiger partial charge in [-0.15, -0.1) is 0 Å². The molecule has 3 aromatic carbocycles. The van der Waals surface area contributed by atoms with E-state index in [4.69, 9.17) is 15.8 Å². The van der Waals surface area contributed by atoms with Crippen LogP contribution >= 0.6 is 11.6 Å². The van der Waals surface area contributed by atoms with E-state index in [1.165, 1.54) is 48.5 Å². The number of imide groups is 2. The molecule has 0 saturated carbocycles. The number of anilines is 1. The Hall–Kier alpha value is -4.55. The Morgan fingerprint density at radius 2 is 1.73 bits per heavy atom. The first-order valence-corrected chi connectivity index (χ1v) is 12.2. The zero-order valence-corrected chi connectivity index (χ0v) is 20.4. The summed E-state index contributed by atoms with van der Waals surface area (Å²) in [6.07, 6.45) is 1.14. The van der Waals surface area contributed by atoms with Gasteiger partial charge in [0.15, 0.2) is 5.75 Å². The number of nitrogens with one attached hydrogen (secondary N) is 1. The van der Waals surface area contributed by atoms with Crippen molar-refractivity contribution in [1.29, 1.82) is 0 Å². The van der Waals surface area contributed by atoms with E-state index in [-0.39, 0.29) is 32.6 Å². The standard InChI is InChI=1S/C24H16ClN3O8S/c1-14-5-8-18(9-6-14)37(34,35)36-21-10-7-15(12-20(21)25)11-19-22(29)26-24(31)27(23(19)30)16-3-2-4-17(13-16)28(32)33/h2-13H,1H3,(H,26,29,31)/b19-11+. The maximum Gasteiger partial charge on any atom is 0.339 e. The third-order valence-corrected chi connectivity index (χ3v) is 6.72. The van der Waals surface area contributed by atoms with Crippen LogP contribution in [0.5, 0.6) is 5.75 Å². The topological polar surface area (TPSA) is 153 Å². The van der Waals surface area contributed by atoms with Crippen LogP contribution in [-0.2, 0) is 19.7 Å². The van der Waals surface area contributed by atoms with Gasteiger partial charge in [0.2, 0.25) is 0 Å². The Morgan fingerprint density at radius 3 is 2.38 bits per heavy atom. The summed E-state index contributed by atoms with van der Waals surface area (Å²) in [7, 11) is -4.17. The highest BCUT2D eigenvalue weighted by molar-refractivity contribution is 7.87. The van der Waals surface area contributed by atoms with Crippen LogP contribution in [0, 0.1) is 17.0 Å². The van der Waals surface area contributed by atoms with Crippen LogP contribution < -0.4 is 14.4 Å². The lowest BCUT2D eigenvalue weighted by Gasteiger charge is -2.26. The summed E-state index contributed by atoms with van der Waals surface area (Å²) in [5.74, 6) is -2.19. The normalized spacial score (nSPS) is 15.0. The molecule has 0 atom stereocenters. The average molecular weight is 542 g/mol. The number of benzene rings is 3. The van der Waals surface area contributed by atoms with Crippen LogP contribution in [0.1, 0.15) is 11.1 Å². The van der Waals surface area contributed by atoms with Crippen molar-refractivity contribution < 1.29 is 31.9 Å². The smallest absolute Gasteiger partial charge is 0.339 e. The number of nitro groups is 1. The van der Waals surface area contributed by atoms with E-state index in [1.807, 2.05) is 5.32 Å². The summed E-state index contributed by atoms with van der Waals surface area (Å²) in [6.45, 7) is 1.80. The van der Waals surface area contributed by atoms with E-state index in [0.29, 0.717) is 4.90 Å². The van der Waals surface area contributed by atoms with Crippen molar-refractivity contribution in [2.75, 3.05) is 4.90 Å². The Balaban J connectivity index is 1.63. The van der Waals surface area contributed by atoms with E-state index in [1.54, 1.807) is 19.1 Å². The number of urea groups is 1. The lowest BCUT2D eigenvalue weighted by molar-refractivity contribution is -0.384. The summed E-state index contributed by atoms with van der Waals surface area (Å²) < 4.78 is 30.2. The minimum absolute atomic E-state index is 0.0734. The molecule has 1 aliphatic rings.